The molecule has 0 amide bonds. The van der Waals surface area contributed by atoms with Crippen LogP contribution in [0.1, 0.15) is 22.6 Å². The molecule has 0 aliphatic heterocycles. The fourth-order valence-electron chi connectivity index (χ4n) is 3.68. The maximum atomic E-state index is 12.6. The van der Waals surface area contributed by atoms with Gasteiger partial charge >= 0.3 is 5.97 Å². The van der Waals surface area contributed by atoms with Crippen LogP contribution >= 0.6 is 0 Å². The molecule has 0 spiro atoms. The summed E-state index contributed by atoms with van der Waals surface area (Å²) in [4.78, 5) is 12.6. The summed E-state index contributed by atoms with van der Waals surface area (Å²) in [5, 5.41) is 20.0. The number of aromatic hydroxyl groups is 1. The zero-order chi connectivity index (χ0) is 19.3. The quantitative estimate of drug-likeness (QED) is 0.598. The van der Waals surface area contributed by atoms with E-state index in [1.807, 2.05) is 60.7 Å². The smallest absolute Gasteiger partial charge is 0.312 e. The van der Waals surface area contributed by atoms with Gasteiger partial charge in [-0.25, -0.2) is 0 Å². The fourth-order valence-corrected chi connectivity index (χ4v) is 3.68. The van der Waals surface area contributed by atoms with E-state index in [2.05, 4.69) is 0 Å². The van der Waals surface area contributed by atoms with E-state index in [4.69, 9.17) is 5.73 Å². The Balaban J connectivity index is 2.18. The Bertz CT molecular complexity index is 879. The molecule has 0 saturated heterocycles. The van der Waals surface area contributed by atoms with Crippen LogP contribution in [0.15, 0.2) is 84.9 Å². The number of benzene rings is 3. The van der Waals surface area contributed by atoms with E-state index in [0.29, 0.717) is 6.42 Å². The van der Waals surface area contributed by atoms with Crippen molar-refractivity contribution in [3.8, 4) is 5.75 Å². The van der Waals surface area contributed by atoms with Gasteiger partial charge in [-0.05, 0) is 35.2 Å². The van der Waals surface area contributed by atoms with Crippen LogP contribution in [0.2, 0.25) is 0 Å². The molecule has 2 atom stereocenters. The van der Waals surface area contributed by atoms with Crippen molar-refractivity contribution in [1.82, 2.24) is 0 Å². The molecule has 0 bridgehead atoms. The van der Waals surface area contributed by atoms with E-state index in [-0.39, 0.29) is 12.3 Å². The van der Waals surface area contributed by atoms with Crippen molar-refractivity contribution in [1.29, 1.82) is 0 Å². The lowest BCUT2D eigenvalue weighted by Crippen LogP contribution is -2.46. The van der Waals surface area contributed by atoms with E-state index >= 15 is 0 Å². The van der Waals surface area contributed by atoms with Crippen molar-refractivity contribution < 1.29 is 15.0 Å². The largest absolute Gasteiger partial charge is 0.508 e. The van der Waals surface area contributed by atoms with Crippen molar-refractivity contribution in [2.75, 3.05) is 6.54 Å². The molecule has 0 aliphatic carbocycles. The molecule has 3 rings (SSSR count). The Morgan fingerprint density at radius 1 is 0.852 bits per heavy atom. The first-order valence-corrected chi connectivity index (χ1v) is 8.88. The molecule has 4 N–H and O–H groups in total. The monoisotopic (exact) mass is 361 g/mol. The highest BCUT2D eigenvalue weighted by atomic mass is 16.4. The van der Waals surface area contributed by atoms with Crippen LogP contribution in [0.5, 0.6) is 5.75 Å². The van der Waals surface area contributed by atoms with Crippen LogP contribution in [0.25, 0.3) is 0 Å². The van der Waals surface area contributed by atoms with Crippen LogP contribution in [0.4, 0.5) is 0 Å². The number of nitrogens with two attached hydrogens (primary N) is 1. The van der Waals surface area contributed by atoms with Crippen molar-refractivity contribution >= 4 is 5.97 Å². The van der Waals surface area contributed by atoms with Crippen molar-refractivity contribution in [3.63, 3.8) is 0 Å². The Labute approximate surface area is 158 Å². The van der Waals surface area contributed by atoms with E-state index in [1.54, 1.807) is 24.3 Å². The maximum Gasteiger partial charge on any atom is 0.312 e. The standard InChI is InChI=1S/C23H23NO3/c24-16-23(22(26)27,15-17-7-3-1-4-8-17)21(18-9-5-2-6-10-18)19-11-13-20(25)14-12-19/h1-14,21,25H,15-16,24H2,(H,26,27)/t21-,23+/m0/s1. The number of rotatable bonds is 7. The molecular formula is C23H23NO3. The number of aliphatic carboxylic acids is 1. The summed E-state index contributed by atoms with van der Waals surface area (Å²) in [7, 11) is 0. The normalized spacial score (nSPS) is 14.3. The Morgan fingerprint density at radius 3 is 1.89 bits per heavy atom. The molecule has 0 heterocycles. The van der Waals surface area contributed by atoms with Gasteiger partial charge in [0.2, 0.25) is 0 Å². The van der Waals surface area contributed by atoms with Gasteiger partial charge in [0.05, 0.1) is 5.41 Å². The third-order valence-corrected chi connectivity index (χ3v) is 5.06. The average molecular weight is 361 g/mol. The van der Waals surface area contributed by atoms with Gasteiger partial charge in [-0.1, -0.05) is 72.8 Å². The van der Waals surface area contributed by atoms with Crippen LogP contribution in [0, 0.1) is 5.41 Å². The first kappa shape index (κ1) is 18.7. The van der Waals surface area contributed by atoms with Crippen molar-refractivity contribution in [3.05, 3.63) is 102 Å². The molecule has 0 fully saturated rings. The molecule has 3 aromatic carbocycles. The van der Waals surface area contributed by atoms with E-state index in [1.165, 1.54) is 0 Å². The average Bonchev–Trinajstić information content (AvgIpc) is 2.70. The van der Waals surface area contributed by atoms with Gasteiger partial charge in [0.1, 0.15) is 5.75 Å². The van der Waals surface area contributed by atoms with Gasteiger partial charge in [-0.2, -0.15) is 0 Å². The number of carboxylic acid groups (broad SMARTS) is 1. The summed E-state index contributed by atoms with van der Waals surface area (Å²) in [6.45, 7) is -0.0162. The van der Waals surface area contributed by atoms with Gasteiger partial charge in [0.15, 0.2) is 0 Å². The molecule has 0 radical (unpaired) electrons. The third kappa shape index (κ3) is 3.86. The number of hydrogen-bond donors (Lipinski definition) is 3. The molecular weight excluding hydrogens is 338 g/mol. The predicted octanol–water partition coefficient (Wildman–Crippen LogP) is 3.80. The fraction of sp³-hybridized carbons (Fsp3) is 0.174. The zero-order valence-corrected chi connectivity index (χ0v) is 15.0. The zero-order valence-electron chi connectivity index (χ0n) is 15.0. The van der Waals surface area contributed by atoms with Gasteiger partial charge in [-0.15, -0.1) is 0 Å². The highest BCUT2D eigenvalue weighted by Gasteiger charge is 2.46. The molecule has 0 aliphatic rings. The summed E-state index contributed by atoms with van der Waals surface area (Å²) < 4.78 is 0. The molecule has 0 aromatic heterocycles. The van der Waals surface area contributed by atoms with E-state index in [9.17, 15) is 15.0 Å². The lowest BCUT2D eigenvalue weighted by molar-refractivity contribution is -0.149. The van der Waals surface area contributed by atoms with Crippen molar-refractivity contribution in [2.24, 2.45) is 11.1 Å². The van der Waals surface area contributed by atoms with E-state index in [0.717, 1.165) is 16.7 Å². The molecule has 3 aromatic rings. The molecule has 4 nitrogen and oxygen atoms in total. The number of carbonyl (C=O) groups is 1. The molecule has 0 saturated carbocycles. The van der Waals surface area contributed by atoms with Crippen LogP contribution in [-0.2, 0) is 11.2 Å². The topological polar surface area (TPSA) is 83.6 Å². The number of hydrogen-bond acceptors (Lipinski definition) is 3. The second kappa shape index (κ2) is 8.06. The Hall–Kier alpha value is -3.11. The second-order valence-electron chi connectivity index (χ2n) is 6.76. The van der Waals surface area contributed by atoms with E-state index < -0.39 is 17.3 Å². The number of phenolic OH excluding ortho intramolecular Hbond substituents is 1. The first-order valence-electron chi connectivity index (χ1n) is 8.88. The summed E-state index contributed by atoms with van der Waals surface area (Å²) in [6.07, 6.45) is 0.306. The molecule has 0 unspecified atom stereocenters. The van der Waals surface area contributed by atoms with Gasteiger partial charge < -0.3 is 15.9 Å². The predicted molar refractivity (Wildman–Crippen MR) is 106 cm³/mol. The first-order chi connectivity index (χ1) is 13.1. The van der Waals surface area contributed by atoms with Crippen LogP contribution in [0.3, 0.4) is 0 Å². The van der Waals surface area contributed by atoms with Crippen LogP contribution < -0.4 is 5.73 Å². The third-order valence-electron chi connectivity index (χ3n) is 5.06. The summed E-state index contributed by atoms with van der Waals surface area (Å²) >= 11 is 0. The minimum absolute atomic E-state index is 0.0162. The number of phenols is 1. The SMILES string of the molecule is NC[C@@](Cc1ccccc1)(C(=O)O)[C@@H](c1ccccc1)c1ccc(O)cc1. The Morgan fingerprint density at radius 2 is 1.37 bits per heavy atom. The van der Waals surface area contributed by atoms with Gasteiger partial charge in [0.25, 0.3) is 0 Å². The van der Waals surface area contributed by atoms with Crippen molar-refractivity contribution in [2.45, 2.75) is 12.3 Å². The second-order valence-corrected chi connectivity index (χ2v) is 6.76. The highest BCUT2D eigenvalue weighted by molar-refractivity contribution is 5.78. The van der Waals surface area contributed by atoms with Crippen LogP contribution in [-0.4, -0.2) is 22.7 Å². The molecule has 27 heavy (non-hydrogen) atoms. The summed E-state index contributed by atoms with van der Waals surface area (Å²) in [5.41, 5.74) is 7.52. The number of carboxylic acids is 1. The highest BCUT2D eigenvalue weighted by Crippen LogP contribution is 2.43. The van der Waals surface area contributed by atoms with Gasteiger partial charge in [0, 0.05) is 12.5 Å². The lowest BCUT2D eigenvalue weighted by Gasteiger charge is -2.37. The lowest BCUT2D eigenvalue weighted by atomic mass is 9.65. The minimum Gasteiger partial charge on any atom is -0.508 e. The summed E-state index contributed by atoms with van der Waals surface area (Å²) in [5.74, 6) is -1.25. The molecule has 4 heteroatoms. The molecule has 138 valence electrons. The maximum absolute atomic E-state index is 12.6. The Kier molecular flexibility index (Phi) is 5.57. The van der Waals surface area contributed by atoms with Gasteiger partial charge in [-0.3, -0.25) is 4.79 Å². The minimum atomic E-state index is -1.22. The summed E-state index contributed by atoms with van der Waals surface area (Å²) in [6, 6.07) is 25.8.